The van der Waals surface area contributed by atoms with Crippen LogP contribution in [0.2, 0.25) is 0 Å². The molecule has 2 atom stereocenters. The Hall–Kier alpha value is -0.150. The molecule has 10 heavy (non-hydrogen) atoms. The molecular weight excluding hydrogens is 133 g/mol. The molecule has 2 rings (SSSR count). The summed E-state index contributed by atoms with van der Waals surface area (Å²) < 4.78 is 18.1. The average molecular weight is 145 g/mol. The fourth-order valence-corrected chi connectivity index (χ4v) is 1.70. The molecule has 2 saturated heterocycles. The summed E-state index contributed by atoms with van der Waals surface area (Å²) in [5.74, 6) is 0. The van der Waals surface area contributed by atoms with Gasteiger partial charge in [0.1, 0.15) is 6.17 Å². The summed E-state index contributed by atoms with van der Waals surface area (Å²) in [5.41, 5.74) is -0.113. The Bertz CT molecular complexity index is 136. The second-order valence-corrected chi connectivity index (χ2v) is 3.21. The van der Waals surface area contributed by atoms with Crippen molar-refractivity contribution in [2.45, 2.75) is 24.6 Å². The van der Waals surface area contributed by atoms with E-state index in [1.807, 2.05) is 0 Å². The van der Waals surface area contributed by atoms with Crippen molar-refractivity contribution < 1.29 is 9.13 Å². The Morgan fingerprint density at radius 2 is 2.40 bits per heavy atom. The molecule has 1 N–H and O–H groups in total. The van der Waals surface area contributed by atoms with Gasteiger partial charge in [0.05, 0.1) is 12.2 Å². The molecule has 1 spiro atoms. The van der Waals surface area contributed by atoms with Gasteiger partial charge < -0.3 is 10.1 Å². The van der Waals surface area contributed by atoms with Crippen molar-refractivity contribution in [3.8, 4) is 0 Å². The maximum atomic E-state index is 12.8. The number of alkyl halides is 1. The molecule has 0 aromatic heterocycles. The van der Waals surface area contributed by atoms with E-state index >= 15 is 0 Å². The fourth-order valence-electron chi connectivity index (χ4n) is 1.70. The van der Waals surface area contributed by atoms with Crippen molar-refractivity contribution in [2.75, 3.05) is 19.7 Å². The zero-order valence-corrected chi connectivity index (χ0v) is 5.90. The molecule has 0 bridgehead atoms. The Morgan fingerprint density at radius 1 is 1.60 bits per heavy atom. The van der Waals surface area contributed by atoms with Gasteiger partial charge in [-0.05, 0) is 0 Å². The first-order valence-electron chi connectivity index (χ1n) is 3.80. The minimum Gasteiger partial charge on any atom is -0.373 e. The van der Waals surface area contributed by atoms with Crippen LogP contribution in [0.3, 0.4) is 0 Å². The van der Waals surface area contributed by atoms with E-state index in [1.54, 1.807) is 0 Å². The van der Waals surface area contributed by atoms with E-state index in [2.05, 4.69) is 5.32 Å². The summed E-state index contributed by atoms with van der Waals surface area (Å²) in [6.45, 7) is 2.16. The van der Waals surface area contributed by atoms with Gasteiger partial charge in [-0.2, -0.15) is 0 Å². The number of rotatable bonds is 0. The third-order valence-electron chi connectivity index (χ3n) is 2.37. The molecule has 2 unspecified atom stereocenters. The summed E-state index contributed by atoms with van der Waals surface area (Å²) in [6, 6.07) is 0. The summed E-state index contributed by atoms with van der Waals surface area (Å²) in [6.07, 6.45) is 0.925. The number of ether oxygens (including phenoxy) is 1. The summed E-state index contributed by atoms with van der Waals surface area (Å²) >= 11 is 0. The normalized spacial score (nSPS) is 47.1. The SMILES string of the molecule is FC1CNCC2(CCO2)C1. The van der Waals surface area contributed by atoms with Crippen LogP contribution in [-0.4, -0.2) is 31.5 Å². The van der Waals surface area contributed by atoms with Crippen LogP contribution in [0.15, 0.2) is 0 Å². The molecule has 0 amide bonds. The maximum absolute atomic E-state index is 12.8. The molecule has 2 aliphatic rings. The summed E-state index contributed by atoms with van der Waals surface area (Å²) in [7, 11) is 0. The van der Waals surface area contributed by atoms with Crippen molar-refractivity contribution in [1.82, 2.24) is 5.32 Å². The lowest BCUT2D eigenvalue weighted by atomic mass is 9.86. The number of hydrogen-bond donors (Lipinski definition) is 1. The highest BCUT2D eigenvalue weighted by molar-refractivity contribution is 4.95. The molecule has 0 aromatic rings. The van der Waals surface area contributed by atoms with Crippen molar-refractivity contribution in [3.63, 3.8) is 0 Å². The summed E-state index contributed by atoms with van der Waals surface area (Å²) in [5, 5.41) is 3.03. The van der Waals surface area contributed by atoms with E-state index in [0.29, 0.717) is 13.0 Å². The second kappa shape index (κ2) is 2.17. The predicted octanol–water partition coefficient (Wildman–Crippen LogP) is 0.477. The first kappa shape index (κ1) is 6.55. The van der Waals surface area contributed by atoms with Crippen LogP contribution in [0.1, 0.15) is 12.8 Å². The standard InChI is InChI=1S/C7H12FNO/c8-6-3-7(1-2-10-7)5-9-4-6/h6,9H,1-5H2. The van der Waals surface area contributed by atoms with Gasteiger partial charge in [-0.1, -0.05) is 0 Å². The van der Waals surface area contributed by atoms with Gasteiger partial charge in [-0.25, -0.2) is 4.39 Å². The van der Waals surface area contributed by atoms with Gasteiger partial charge in [-0.3, -0.25) is 0 Å². The van der Waals surface area contributed by atoms with Crippen LogP contribution in [0.4, 0.5) is 4.39 Å². The van der Waals surface area contributed by atoms with Crippen LogP contribution in [0, 0.1) is 0 Å². The lowest BCUT2D eigenvalue weighted by Crippen LogP contribution is -2.57. The fraction of sp³-hybridized carbons (Fsp3) is 1.00. The molecule has 2 fully saturated rings. The molecule has 2 heterocycles. The molecular formula is C7H12FNO. The Kier molecular flexibility index (Phi) is 1.42. The van der Waals surface area contributed by atoms with Crippen LogP contribution >= 0.6 is 0 Å². The first-order chi connectivity index (χ1) is 4.81. The van der Waals surface area contributed by atoms with Gasteiger partial charge in [0.25, 0.3) is 0 Å². The second-order valence-electron chi connectivity index (χ2n) is 3.21. The Balaban J connectivity index is 1.96. The molecule has 0 aromatic carbocycles. The van der Waals surface area contributed by atoms with Gasteiger partial charge in [0.15, 0.2) is 0 Å². The van der Waals surface area contributed by atoms with Crippen LogP contribution in [0.5, 0.6) is 0 Å². The predicted molar refractivity (Wildman–Crippen MR) is 35.7 cm³/mol. The van der Waals surface area contributed by atoms with Crippen molar-refractivity contribution in [3.05, 3.63) is 0 Å². The number of hydrogen-bond acceptors (Lipinski definition) is 2. The quantitative estimate of drug-likeness (QED) is 0.535. The Labute approximate surface area is 59.7 Å². The van der Waals surface area contributed by atoms with E-state index < -0.39 is 6.17 Å². The average Bonchev–Trinajstić information content (AvgIpc) is 1.85. The first-order valence-corrected chi connectivity index (χ1v) is 3.80. The van der Waals surface area contributed by atoms with Gasteiger partial charge in [-0.15, -0.1) is 0 Å². The van der Waals surface area contributed by atoms with E-state index in [1.165, 1.54) is 0 Å². The summed E-state index contributed by atoms with van der Waals surface area (Å²) in [4.78, 5) is 0. The molecule has 2 aliphatic heterocycles. The van der Waals surface area contributed by atoms with Crippen LogP contribution in [0.25, 0.3) is 0 Å². The molecule has 0 aliphatic carbocycles. The monoisotopic (exact) mass is 145 g/mol. The van der Waals surface area contributed by atoms with E-state index in [4.69, 9.17) is 4.74 Å². The maximum Gasteiger partial charge on any atom is 0.115 e. The van der Waals surface area contributed by atoms with Gasteiger partial charge in [0.2, 0.25) is 0 Å². The van der Waals surface area contributed by atoms with Gasteiger partial charge >= 0.3 is 0 Å². The molecule has 2 nitrogen and oxygen atoms in total. The van der Waals surface area contributed by atoms with Crippen LogP contribution < -0.4 is 5.32 Å². The number of halogens is 1. The van der Waals surface area contributed by atoms with E-state index in [9.17, 15) is 4.39 Å². The highest BCUT2D eigenvalue weighted by Gasteiger charge is 2.42. The third kappa shape index (κ3) is 0.935. The highest BCUT2D eigenvalue weighted by atomic mass is 19.1. The minimum atomic E-state index is -0.700. The van der Waals surface area contributed by atoms with Crippen molar-refractivity contribution in [1.29, 1.82) is 0 Å². The smallest absolute Gasteiger partial charge is 0.115 e. The highest BCUT2D eigenvalue weighted by Crippen LogP contribution is 2.33. The van der Waals surface area contributed by atoms with Gasteiger partial charge in [0, 0.05) is 25.9 Å². The molecule has 0 radical (unpaired) electrons. The molecule has 58 valence electrons. The number of piperidine rings is 1. The zero-order valence-electron chi connectivity index (χ0n) is 5.90. The van der Waals surface area contributed by atoms with Crippen LogP contribution in [-0.2, 0) is 4.74 Å². The largest absolute Gasteiger partial charge is 0.373 e. The number of nitrogens with one attached hydrogen (secondary N) is 1. The lowest BCUT2D eigenvalue weighted by Gasteiger charge is -2.45. The molecule has 0 saturated carbocycles. The van der Waals surface area contributed by atoms with E-state index in [-0.39, 0.29) is 5.60 Å². The van der Waals surface area contributed by atoms with Crippen molar-refractivity contribution in [2.24, 2.45) is 0 Å². The zero-order chi connectivity index (χ0) is 7.03. The van der Waals surface area contributed by atoms with Crippen molar-refractivity contribution >= 4 is 0 Å². The Morgan fingerprint density at radius 3 is 2.80 bits per heavy atom. The minimum absolute atomic E-state index is 0.113. The third-order valence-corrected chi connectivity index (χ3v) is 2.37. The molecule has 3 heteroatoms. The lowest BCUT2D eigenvalue weighted by molar-refractivity contribution is -0.166. The van der Waals surface area contributed by atoms with E-state index in [0.717, 1.165) is 19.6 Å². The topological polar surface area (TPSA) is 21.3 Å².